The minimum absolute atomic E-state index is 0.764. The summed E-state index contributed by atoms with van der Waals surface area (Å²) in [6.07, 6.45) is 3.24. The van der Waals surface area contributed by atoms with Gasteiger partial charge in [0.2, 0.25) is 0 Å². The van der Waals surface area contributed by atoms with E-state index in [1.54, 1.807) is 0 Å². The smallest absolute Gasteiger partial charge is 0.0524 e. The predicted octanol–water partition coefficient (Wildman–Crippen LogP) is 0.383. The van der Waals surface area contributed by atoms with E-state index >= 15 is 0 Å². The number of piperazine rings is 1. The minimum atomic E-state index is 0.764. The van der Waals surface area contributed by atoms with E-state index in [1.807, 2.05) is 6.20 Å². The highest BCUT2D eigenvalue weighted by atomic mass is 15.3. The molecule has 1 aromatic rings. The third kappa shape index (κ3) is 2.99. The predicted molar refractivity (Wildman–Crippen MR) is 76.0 cm³/mol. The topological polar surface area (TPSA) is 36.3 Å². The standard InChI is InChI=1S/C14H25N5/c1-2-19-14(3-5-16-19)12-17-8-4-13(11-17)18-9-6-15-7-10-18/h3,5,13,15H,2,4,6-12H2,1H3. The average Bonchev–Trinajstić information content (AvgIpc) is 3.09. The maximum atomic E-state index is 4.36. The largest absolute Gasteiger partial charge is 0.314 e. The molecule has 0 radical (unpaired) electrons. The fourth-order valence-corrected chi connectivity index (χ4v) is 3.31. The van der Waals surface area contributed by atoms with E-state index < -0.39 is 0 Å². The van der Waals surface area contributed by atoms with Crippen molar-refractivity contribution in [1.82, 2.24) is 24.9 Å². The van der Waals surface area contributed by atoms with Crippen LogP contribution in [0.15, 0.2) is 12.3 Å². The molecule has 2 saturated heterocycles. The van der Waals surface area contributed by atoms with Crippen LogP contribution >= 0.6 is 0 Å². The summed E-state index contributed by atoms with van der Waals surface area (Å²) in [4.78, 5) is 5.24. The van der Waals surface area contributed by atoms with Gasteiger partial charge in [0.15, 0.2) is 0 Å². The molecule has 0 aromatic carbocycles. The van der Waals surface area contributed by atoms with Gasteiger partial charge >= 0.3 is 0 Å². The van der Waals surface area contributed by atoms with Gasteiger partial charge in [0.25, 0.3) is 0 Å². The fraction of sp³-hybridized carbons (Fsp3) is 0.786. The van der Waals surface area contributed by atoms with Gasteiger partial charge in [0, 0.05) is 64.6 Å². The van der Waals surface area contributed by atoms with Gasteiger partial charge in [-0.1, -0.05) is 0 Å². The second kappa shape index (κ2) is 6.03. The first-order chi connectivity index (χ1) is 9.36. The normalized spacial score (nSPS) is 26.1. The molecule has 1 aromatic heterocycles. The second-order valence-corrected chi connectivity index (χ2v) is 5.60. The van der Waals surface area contributed by atoms with Gasteiger partial charge in [0.1, 0.15) is 0 Å². The lowest BCUT2D eigenvalue weighted by molar-refractivity contribution is 0.170. The summed E-state index contributed by atoms with van der Waals surface area (Å²) in [7, 11) is 0. The van der Waals surface area contributed by atoms with Crippen LogP contribution in [0.1, 0.15) is 19.0 Å². The van der Waals surface area contributed by atoms with Gasteiger partial charge < -0.3 is 5.32 Å². The Bertz CT molecular complexity index is 396. The molecule has 19 heavy (non-hydrogen) atoms. The molecule has 1 unspecified atom stereocenters. The Morgan fingerprint density at radius 2 is 2.16 bits per heavy atom. The third-order valence-electron chi connectivity index (χ3n) is 4.41. The second-order valence-electron chi connectivity index (χ2n) is 5.60. The summed E-state index contributed by atoms with van der Waals surface area (Å²) in [5, 5.41) is 7.79. The summed E-state index contributed by atoms with van der Waals surface area (Å²) in [5.41, 5.74) is 1.35. The molecule has 0 bridgehead atoms. The molecule has 3 heterocycles. The van der Waals surface area contributed by atoms with Crippen LogP contribution in [-0.2, 0) is 13.1 Å². The molecular formula is C14H25N5. The van der Waals surface area contributed by atoms with Crippen molar-refractivity contribution in [1.29, 1.82) is 0 Å². The first-order valence-electron chi connectivity index (χ1n) is 7.54. The molecule has 2 fully saturated rings. The van der Waals surface area contributed by atoms with Crippen molar-refractivity contribution >= 4 is 0 Å². The van der Waals surface area contributed by atoms with Gasteiger partial charge in [-0.15, -0.1) is 0 Å². The van der Waals surface area contributed by atoms with Crippen LogP contribution in [0.5, 0.6) is 0 Å². The minimum Gasteiger partial charge on any atom is -0.314 e. The highest BCUT2D eigenvalue weighted by Gasteiger charge is 2.28. The van der Waals surface area contributed by atoms with Crippen molar-refractivity contribution in [3.8, 4) is 0 Å². The van der Waals surface area contributed by atoms with Crippen molar-refractivity contribution in [2.45, 2.75) is 32.5 Å². The van der Waals surface area contributed by atoms with Gasteiger partial charge in [-0.05, 0) is 19.4 Å². The van der Waals surface area contributed by atoms with Gasteiger partial charge in [-0.25, -0.2) is 0 Å². The van der Waals surface area contributed by atoms with E-state index in [4.69, 9.17) is 0 Å². The van der Waals surface area contributed by atoms with Crippen molar-refractivity contribution in [2.24, 2.45) is 0 Å². The Labute approximate surface area is 115 Å². The van der Waals surface area contributed by atoms with Crippen molar-refractivity contribution in [2.75, 3.05) is 39.3 Å². The molecule has 0 spiro atoms. The lowest BCUT2D eigenvalue weighted by atomic mass is 10.2. The number of likely N-dealkylation sites (tertiary alicyclic amines) is 1. The van der Waals surface area contributed by atoms with Crippen LogP contribution < -0.4 is 5.32 Å². The Balaban J connectivity index is 1.54. The molecule has 106 valence electrons. The summed E-state index contributed by atoms with van der Waals surface area (Å²) < 4.78 is 2.11. The molecule has 3 rings (SSSR count). The molecule has 5 nitrogen and oxygen atoms in total. The number of rotatable bonds is 4. The van der Waals surface area contributed by atoms with Crippen molar-refractivity contribution in [3.63, 3.8) is 0 Å². The molecule has 0 saturated carbocycles. The van der Waals surface area contributed by atoms with Crippen LogP contribution in [0.4, 0.5) is 0 Å². The molecule has 0 aliphatic carbocycles. The van der Waals surface area contributed by atoms with Crippen LogP contribution in [0.2, 0.25) is 0 Å². The van der Waals surface area contributed by atoms with Gasteiger partial charge in [0.05, 0.1) is 5.69 Å². The number of nitrogens with one attached hydrogen (secondary N) is 1. The number of aryl methyl sites for hydroxylation is 1. The third-order valence-corrected chi connectivity index (χ3v) is 4.41. The van der Waals surface area contributed by atoms with E-state index in [1.165, 1.54) is 38.3 Å². The highest BCUT2D eigenvalue weighted by molar-refractivity contribution is 5.01. The van der Waals surface area contributed by atoms with E-state index in [9.17, 15) is 0 Å². The summed E-state index contributed by atoms with van der Waals surface area (Å²) in [5.74, 6) is 0. The number of hydrogen-bond donors (Lipinski definition) is 1. The molecule has 2 aliphatic rings. The summed E-state index contributed by atoms with van der Waals surface area (Å²) >= 11 is 0. The number of hydrogen-bond acceptors (Lipinski definition) is 4. The monoisotopic (exact) mass is 263 g/mol. The quantitative estimate of drug-likeness (QED) is 0.852. The van der Waals surface area contributed by atoms with E-state index in [-0.39, 0.29) is 0 Å². The SMILES string of the molecule is CCn1nccc1CN1CCC(N2CCNCC2)C1. The number of aromatic nitrogens is 2. The zero-order valence-corrected chi connectivity index (χ0v) is 11.9. The lowest BCUT2D eigenvalue weighted by Gasteiger charge is -2.32. The molecule has 1 N–H and O–H groups in total. The molecule has 1 atom stereocenters. The number of nitrogens with zero attached hydrogens (tertiary/aromatic N) is 4. The van der Waals surface area contributed by atoms with E-state index in [0.29, 0.717) is 0 Å². The van der Waals surface area contributed by atoms with Crippen LogP contribution in [-0.4, -0.2) is 64.9 Å². The van der Waals surface area contributed by atoms with Gasteiger partial charge in [-0.2, -0.15) is 5.10 Å². The van der Waals surface area contributed by atoms with Crippen molar-refractivity contribution in [3.05, 3.63) is 18.0 Å². The lowest BCUT2D eigenvalue weighted by Crippen LogP contribution is -2.49. The first-order valence-corrected chi connectivity index (χ1v) is 7.54. The molecule has 0 amide bonds. The zero-order chi connectivity index (χ0) is 13.1. The average molecular weight is 263 g/mol. The van der Waals surface area contributed by atoms with E-state index in [2.05, 4.69) is 37.9 Å². The maximum Gasteiger partial charge on any atom is 0.0524 e. The van der Waals surface area contributed by atoms with Crippen LogP contribution in [0, 0.1) is 0 Å². The van der Waals surface area contributed by atoms with Crippen LogP contribution in [0.3, 0.4) is 0 Å². The first kappa shape index (κ1) is 13.1. The Kier molecular flexibility index (Phi) is 4.15. The van der Waals surface area contributed by atoms with Crippen molar-refractivity contribution < 1.29 is 0 Å². The molecular weight excluding hydrogens is 238 g/mol. The Morgan fingerprint density at radius 3 is 2.95 bits per heavy atom. The van der Waals surface area contributed by atoms with E-state index in [0.717, 1.165) is 32.2 Å². The highest BCUT2D eigenvalue weighted by Crippen LogP contribution is 2.18. The summed E-state index contributed by atoms with van der Waals surface area (Å²) in [6.45, 7) is 11.4. The zero-order valence-electron chi connectivity index (χ0n) is 11.9. The molecule has 2 aliphatic heterocycles. The van der Waals surface area contributed by atoms with Crippen LogP contribution in [0.25, 0.3) is 0 Å². The summed E-state index contributed by atoms with van der Waals surface area (Å²) in [6, 6.07) is 2.92. The van der Waals surface area contributed by atoms with Gasteiger partial charge in [-0.3, -0.25) is 14.5 Å². The fourth-order valence-electron chi connectivity index (χ4n) is 3.31. The maximum absolute atomic E-state index is 4.36. The molecule has 5 heteroatoms. The Hall–Kier alpha value is -0.910. The Morgan fingerprint density at radius 1 is 1.32 bits per heavy atom.